The maximum atomic E-state index is 2.43. The van der Waals surface area contributed by atoms with E-state index in [1.165, 1.54) is 89.0 Å². The van der Waals surface area contributed by atoms with Crippen molar-refractivity contribution in [2.24, 2.45) is 0 Å². The molecule has 0 saturated heterocycles. The average molecular weight is 635 g/mol. The molecule has 234 valence electrons. The number of fused-ring (bicyclic) bond motifs is 6. The van der Waals surface area contributed by atoms with Gasteiger partial charge in [0.1, 0.15) is 0 Å². The largest absolute Gasteiger partial charge is 0.0622 e. The molecule has 0 N–H and O–H groups in total. The van der Waals surface area contributed by atoms with Crippen molar-refractivity contribution >= 4 is 0 Å². The smallest absolute Gasteiger partial charge is 0.0352 e. The fourth-order valence-corrected chi connectivity index (χ4v) is 8.51. The predicted octanol–water partition coefficient (Wildman–Crippen LogP) is 13.0. The third-order valence-electron chi connectivity index (χ3n) is 10.9. The maximum absolute atomic E-state index is 2.43. The average Bonchev–Trinajstić information content (AvgIpc) is 3.71. The highest BCUT2D eigenvalue weighted by atomic mass is 14.3. The highest BCUT2D eigenvalue weighted by Crippen LogP contribution is 2.52. The van der Waals surface area contributed by atoms with Gasteiger partial charge in [-0.15, -0.1) is 0 Å². The second kappa shape index (κ2) is 11.7. The normalized spacial score (nSPS) is 15.2. The lowest BCUT2D eigenvalue weighted by atomic mass is 9.86. The molecule has 2 atom stereocenters. The van der Waals surface area contributed by atoms with Crippen molar-refractivity contribution in [1.29, 1.82) is 0 Å². The number of rotatable bonds is 5. The minimum absolute atomic E-state index is 0.208. The molecule has 0 aromatic heterocycles. The first-order chi connectivity index (χ1) is 24.8. The van der Waals surface area contributed by atoms with Gasteiger partial charge in [-0.2, -0.15) is 0 Å². The Balaban J connectivity index is 1.04. The lowest BCUT2D eigenvalue weighted by molar-refractivity contribution is 1.01. The van der Waals surface area contributed by atoms with E-state index in [0.717, 1.165) is 0 Å². The number of hydrogen-bond acceptors (Lipinski definition) is 0. The Morgan fingerprint density at radius 3 is 1.20 bits per heavy atom. The summed E-state index contributed by atoms with van der Waals surface area (Å²) >= 11 is 0. The van der Waals surface area contributed by atoms with Gasteiger partial charge in [-0.1, -0.05) is 182 Å². The van der Waals surface area contributed by atoms with E-state index < -0.39 is 0 Å². The van der Waals surface area contributed by atoms with Gasteiger partial charge in [0.25, 0.3) is 0 Å². The first-order valence-electron chi connectivity index (χ1n) is 17.6. The molecule has 0 saturated carbocycles. The lowest BCUT2D eigenvalue weighted by Crippen LogP contribution is -1.99. The molecule has 10 rings (SSSR count). The minimum atomic E-state index is 0.208. The minimum Gasteiger partial charge on any atom is -0.0622 e. The molecule has 0 spiro atoms. The molecule has 0 heteroatoms. The van der Waals surface area contributed by atoms with Crippen molar-refractivity contribution in [2.75, 3.05) is 0 Å². The van der Waals surface area contributed by atoms with Gasteiger partial charge in [0.15, 0.2) is 0 Å². The summed E-state index contributed by atoms with van der Waals surface area (Å²) in [6.07, 6.45) is 0. The van der Waals surface area contributed by atoms with Crippen LogP contribution in [0.25, 0.3) is 55.6 Å². The van der Waals surface area contributed by atoms with Crippen LogP contribution in [0, 0.1) is 0 Å². The van der Waals surface area contributed by atoms with Crippen LogP contribution in [0.1, 0.15) is 45.2 Å². The molecule has 0 heterocycles. The highest BCUT2D eigenvalue weighted by Gasteiger charge is 2.32. The van der Waals surface area contributed by atoms with Gasteiger partial charge in [0.05, 0.1) is 0 Å². The Morgan fingerprint density at radius 1 is 0.220 bits per heavy atom. The molecule has 0 radical (unpaired) electrons. The van der Waals surface area contributed by atoms with Crippen molar-refractivity contribution < 1.29 is 0 Å². The summed E-state index contributed by atoms with van der Waals surface area (Å²) in [6, 6.07) is 71.8. The van der Waals surface area contributed by atoms with Crippen LogP contribution in [0.5, 0.6) is 0 Å². The Bertz CT molecular complexity index is 2520. The molecule has 0 nitrogen and oxygen atoms in total. The van der Waals surface area contributed by atoms with Crippen molar-refractivity contribution in [3.8, 4) is 55.6 Å². The molecule has 50 heavy (non-hydrogen) atoms. The van der Waals surface area contributed by atoms with Gasteiger partial charge in [-0.25, -0.2) is 0 Å². The third-order valence-corrected chi connectivity index (χ3v) is 10.9. The van der Waals surface area contributed by atoms with E-state index in [4.69, 9.17) is 0 Å². The quantitative estimate of drug-likeness (QED) is 0.177. The van der Waals surface area contributed by atoms with Crippen LogP contribution in [-0.4, -0.2) is 0 Å². The van der Waals surface area contributed by atoms with E-state index in [2.05, 4.69) is 194 Å². The van der Waals surface area contributed by atoms with Crippen LogP contribution in [-0.2, 0) is 0 Å². The fraction of sp³-hybridized carbons (Fsp3) is 0.0400. The maximum Gasteiger partial charge on any atom is 0.0352 e. The van der Waals surface area contributed by atoms with Crippen LogP contribution in [0.3, 0.4) is 0 Å². The second-order valence-electron chi connectivity index (χ2n) is 13.6. The van der Waals surface area contributed by atoms with Gasteiger partial charge in [0.2, 0.25) is 0 Å². The summed E-state index contributed by atoms with van der Waals surface area (Å²) in [7, 11) is 0. The van der Waals surface area contributed by atoms with E-state index in [9.17, 15) is 0 Å². The third kappa shape index (κ3) is 4.68. The number of benzene rings is 8. The summed E-state index contributed by atoms with van der Waals surface area (Å²) in [5, 5.41) is 0. The number of hydrogen-bond donors (Lipinski definition) is 0. The van der Waals surface area contributed by atoms with E-state index in [0.29, 0.717) is 0 Å². The van der Waals surface area contributed by atoms with Crippen LogP contribution in [0.15, 0.2) is 194 Å². The summed E-state index contributed by atoms with van der Waals surface area (Å²) in [4.78, 5) is 0. The van der Waals surface area contributed by atoms with Gasteiger partial charge >= 0.3 is 0 Å². The molecule has 0 aliphatic heterocycles. The van der Waals surface area contributed by atoms with Crippen molar-refractivity contribution in [3.05, 3.63) is 228 Å². The van der Waals surface area contributed by atoms with E-state index in [1.54, 1.807) is 0 Å². The van der Waals surface area contributed by atoms with Gasteiger partial charge in [0, 0.05) is 11.8 Å². The Morgan fingerprint density at radius 2 is 0.620 bits per heavy atom. The van der Waals surface area contributed by atoms with Crippen molar-refractivity contribution in [3.63, 3.8) is 0 Å². The van der Waals surface area contributed by atoms with Crippen LogP contribution in [0.4, 0.5) is 0 Å². The molecular weight excluding hydrogens is 601 g/mol. The monoisotopic (exact) mass is 634 g/mol. The van der Waals surface area contributed by atoms with Gasteiger partial charge in [-0.05, 0) is 101 Å². The van der Waals surface area contributed by atoms with Crippen LogP contribution in [0.2, 0.25) is 0 Å². The van der Waals surface area contributed by atoms with Gasteiger partial charge < -0.3 is 0 Å². The molecular formula is C50H34. The highest BCUT2D eigenvalue weighted by molar-refractivity contribution is 5.88. The van der Waals surface area contributed by atoms with Crippen LogP contribution >= 0.6 is 0 Å². The van der Waals surface area contributed by atoms with E-state index in [-0.39, 0.29) is 11.8 Å². The molecule has 8 aromatic rings. The van der Waals surface area contributed by atoms with E-state index in [1.807, 2.05) is 0 Å². The topological polar surface area (TPSA) is 0 Å². The zero-order valence-corrected chi connectivity index (χ0v) is 27.6. The van der Waals surface area contributed by atoms with Crippen molar-refractivity contribution in [1.82, 2.24) is 0 Å². The lowest BCUT2D eigenvalue weighted by Gasteiger charge is -2.17. The second-order valence-corrected chi connectivity index (χ2v) is 13.6. The van der Waals surface area contributed by atoms with E-state index >= 15 is 0 Å². The summed E-state index contributed by atoms with van der Waals surface area (Å²) in [5.41, 5.74) is 21.1. The molecule has 0 bridgehead atoms. The van der Waals surface area contributed by atoms with Crippen molar-refractivity contribution in [2.45, 2.75) is 11.8 Å². The Hall–Kier alpha value is -6.24. The molecule has 0 amide bonds. The van der Waals surface area contributed by atoms with Crippen LogP contribution < -0.4 is 0 Å². The molecule has 8 aromatic carbocycles. The first kappa shape index (κ1) is 28.7. The standard InChI is InChI=1S/C50H34/c1-3-12-33(13-4-1)35-22-24-36(25-23-35)49-43-20-9-7-18-41(43)47-31-38(26-28-45(47)49)39-27-29-46-48(32-39)42-19-8-10-21-44(42)50(46)40-17-11-16-37(30-40)34-14-5-2-6-15-34/h1-32,49-50H. The summed E-state index contributed by atoms with van der Waals surface area (Å²) in [6.45, 7) is 0. The van der Waals surface area contributed by atoms with Gasteiger partial charge in [-0.3, -0.25) is 0 Å². The molecule has 0 fully saturated rings. The summed E-state index contributed by atoms with van der Waals surface area (Å²) < 4.78 is 0. The Kier molecular flexibility index (Phi) is 6.74. The zero-order chi connectivity index (χ0) is 33.0. The fourth-order valence-electron chi connectivity index (χ4n) is 8.51. The summed E-state index contributed by atoms with van der Waals surface area (Å²) in [5.74, 6) is 0.430. The zero-order valence-electron chi connectivity index (χ0n) is 27.6. The molecule has 2 aliphatic carbocycles. The molecule has 2 aliphatic rings. The first-order valence-corrected chi connectivity index (χ1v) is 17.6. The molecule has 2 unspecified atom stereocenters. The SMILES string of the molecule is c1ccc(-c2ccc(C3c4ccccc4-c4cc(-c5ccc6c(c5)-c5ccccc5C6c5cccc(-c6ccccc6)c5)ccc43)cc2)cc1. The Labute approximate surface area is 294 Å². The predicted molar refractivity (Wildman–Crippen MR) is 208 cm³/mol.